The van der Waals surface area contributed by atoms with E-state index in [1.165, 1.54) is 0 Å². The van der Waals surface area contributed by atoms with Crippen LogP contribution in [0.3, 0.4) is 0 Å². The molecule has 218 valence electrons. The van der Waals surface area contributed by atoms with Gasteiger partial charge in [0.25, 0.3) is 0 Å². The predicted octanol–water partition coefficient (Wildman–Crippen LogP) is 6.73. The summed E-state index contributed by atoms with van der Waals surface area (Å²) in [6, 6.07) is 26.9. The van der Waals surface area contributed by atoms with Crippen LogP contribution in [0.1, 0.15) is 55.1 Å². The normalized spacial score (nSPS) is 24.7. The van der Waals surface area contributed by atoms with Crippen LogP contribution < -0.4 is 15.4 Å². The third kappa shape index (κ3) is 4.38. The number of carbonyl (C=O) groups is 2. The summed E-state index contributed by atoms with van der Waals surface area (Å²) in [4.78, 5) is 31.8. The molecule has 1 heterocycles. The van der Waals surface area contributed by atoms with E-state index in [4.69, 9.17) is 10.5 Å². The SMILES string of the molecule is COc1ccc(C(=O)C2C3CC(C(C)(C)C)CC=C3C(C#N)=C(N)C23C(=O)N(Cc2ccccc2)c2ccccc23)cc1. The number of fused-ring (bicyclic) bond motifs is 3. The number of nitrogens with zero attached hydrogens (tertiary/aromatic N) is 2. The number of allylic oxidation sites excluding steroid dienone is 3. The Morgan fingerprint density at radius 1 is 1.05 bits per heavy atom. The fourth-order valence-corrected chi connectivity index (χ4v) is 7.49. The molecule has 1 aliphatic heterocycles. The van der Waals surface area contributed by atoms with Crippen molar-refractivity contribution in [3.8, 4) is 11.8 Å². The van der Waals surface area contributed by atoms with E-state index in [1.54, 1.807) is 36.3 Å². The molecule has 0 bridgehead atoms. The number of ketones is 1. The van der Waals surface area contributed by atoms with Crippen LogP contribution in [0.25, 0.3) is 0 Å². The van der Waals surface area contributed by atoms with Crippen molar-refractivity contribution in [2.24, 2.45) is 28.9 Å². The maximum atomic E-state index is 15.1. The Morgan fingerprint density at radius 3 is 2.37 bits per heavy atom. The van der Waals surface area contributed by atoms with Crippen LogP contribution in [0.4, 0.5) is 5.69 Å². The Balaban J connectivity index is 1.62. The number of methoxy groups -OCH3 is 1. The van der Waals surface area contributed by atoms with Gasteiger partial charge in [-0.05, 0) is 77.1 Å². The number of nitrogens with two attached hydrogens (primary N) is 1. The van der Waals surface area contributed by atoms with Crippen molar-refractivity contribution >= 4 is 17.4 Å². The van der Waals surface area contributed by atoms with Gasteiger partial charge in [0, 0.05) is 16.9 Å². The molecule has 4 atom stereocenters. The standard InChI is InChI=1S/C37H37N3O3/c1-36(2,3)25-16-19-27-28(20-25)32(33(41)24-14-17-26(43-4)18-15-24)37(34(39)29(27)21-38)30-12-8-9-13-31(30)40(35(37)42)22-23-10-6-5-7-11-23/h5-15,17-19,25,28,32H,16,20,22,39H2,1-4H3. The molecule has 6 rings (SSSR count). The second kappa shape index (κ2) is 10.6. The van der Waals surface area contributed by atoms with E-state index >= 15 is 4.79 Å². The molecule has 1 spiro atoms. The fraction of sp³-hybridized carbons (Fsp3) is 0.324. The van der Waals surface area contributed by atoms with E-state index < -0.39 is 11.3 Å². The summed E-state index contributed by atoms with van der Waals surface area (Å²) in [6.07, 6.45) is 3.56. The van der Waals surface area contributed by atoms with E-state index in [2.05, 4.69) is 32.9 Å². The Kier molecular flexibility index (Phi) is 7.01. The average Bonchev–Trinajstić information content (AvgIpc) is 3.25. The van der Waals surface area contributed by atoms with Crippen molar-refractivity contribution in [3.05, 3.63) is 118 Å². The zero-order valence-corrected chi connectivity index (χ0v) is 25.1. The first kappa shape index (κ1) is 28.5. The first-order valence-corrected chi connectivity index (χ1v) is 14.9. The lowest BCUT2D eigenvalue weighted by Crippen LogP contribution is -2.57. The zero-order chi connectivity index (χ0) is 30.5. The first-order valence-electron chi connectivity index (χ1n) is 14.9. The zero-order valence-electron chi connectivity index (χ0n) is 25.1. The third-order valence-corrected chi connectivity index (χ3v) is 9.79. The Bertz CT molecular complexity index is 1690. The minimum Gasteiger partial charge on any atom is -0.497 e. The van der Waals surface area contributed by atoms with Gasteiger partial charge in [-0.1, -0.05) is 75.4 Å². The summed E-state index contributed by atoms with van der Waals surface area (Å²) in [5.74, 6) is -0.698. The van der Waals surface area contributed by atoms with Gasteiger partial charge >= 0.3 is 0 Å². The van der Waals surface area contributed by atoms with Crippen LogP contribution in [-0.4, -0.2) is 18.8 Å². The lowest BCUT2D eigenvalue weighted by atomic mass is 9.52. The highest BCUT2D eigenvalue weighted by Gasteiger charge is 2.65. The Morgan fingerprint density at radius 2 is 1.72 bits per heavy atom. The number of anilines is 1. The van der Waals surface area contributed by atoms with Gasteiger partial charge < -0.3 is 15.4 Å². The highest BCUT2D eigenvalue weighted by Crippen LogP contribution is 2.60. The van der Waals surface area contributed by atoms with E-state index in [1.807, 2.05) is 54.6 Å². The molecule has 0 radical (unpaired) electrons. The molecule has 3 aliphatic rings. The topological polar surface area (TPSA) is 96.4 Å². The van der Waals surface area contributed by atoms with Gasteiger partial charge in [-0.15, -0.1) is 0 Å². The van der Waals surface area contributed by atoms with Gasteiger partial charge in [0.15, 0.2) is 5.78 Å². The van der Waals surface area contributed by atoms with E-state index in [-0.39, 0.29) is 34.6 Å². The molecule has 0 aromatic heterocycles. The summed E-state index contributed by atoms with van der Waals surface area (Å²) >= 11 is 0. The highest BCUT2D eigenvalue weighted by atomic mass is 16.5. The molecule has 6 nitrogen and oxygen atoms in total. The monoisotopic (exact) mass is 571 g/mol. The lowest BCUT2D eigenvalue weighted by molar-refractivity contribution is -0.124. The smallest absolute Gasteiger partial charge is 0.244 e. The Labute approximate surface area is 253 Å². The number of para-hydroxylation sites is 1. The van der Waals surface area contributed by atoms with Gasteiger partial charge in [0.1, 0.15) is 17.2 Å². The summed E-state index contributed by atoms with van der Waals surface area (Å²) in [5.41, 5.74) is 9.68. The number of carbonyl (C=O) groups excluding carboxylic acids is 2. The summed E-state index contributed by atoms with van der Waals surface area (Å²) < 4.78 is 5.36. The van der Waals surface area contributed by atoms with Crippen molar-refractivity contribution in [2.45, 2.75) is 45.6 Å². The lowest BCUT2D eigenvalue weighted by Gasteiger charge is -2.49. The molecular formula is C37H37N3O3. The minimum absolute atomic E-state index is 0.0284. The second-order valence-corrected chi connectivity index (χ2v) is 13.0. The van der Waals surface area contributed by atoms with E-state index in [0.717, 1.165) is 23.2 Å². The molecule has 2 N–H and O–H groups in total. The third-order valence-electron chi connectivity index (χ3n) is 9.79. The maximum Gasteiger partial charge on any atom is 0.244 e. The number of ether oxygens (including phenoxy) is 1. The number of amides is 1. The molecule has 3 aromatic rings. The van der Waals surface area contributed by atoms with Crippen molar-refractivity contribution in [2.75, 3.05) is 12.0 Å². The molecule has 0 fully saturated rings. The second-order valence-electron chi connectivity index (χ2n) is 13.0. The number of rotatable bonds is 5. The number of nitriles is 1. The number of hydrogen-bond donors (Lipinski definition) is 1. The highest BCUT2D eigenvalue weighted by molar-refractivity contribution is 6.15. The number of hydrogen-bond acceptors (Lipinski definition) is 5. The molecule has 0 saturated heterocycles. The maximum absolute atomic E-state index is 15.1. The largest absolute Gasteiger partial charge is 0.497 e. The summed E-state index contributed by atoms with van der Waals surface area (Å²) in [5, 5.41) is 10.6. The quantitative estimate of drug-likeness (QED) is 0.343. The van der Waals surface area contributed by atoms with Gasteiger partial charge in [-0.2, -0.15) is 5.26 Å². The molecule has 43 heavy (non-hydrogen) atoms. The van der Waals surface area contributed by atoms with Crippen LogP contribution in [0, 0.1) is 34.5 Å². The Hall–Kier alpha value is -4.63. The van der Waals surface area contributed by atoms with Crippen LogP contribution in [0.15, 0.2) is 102 Å². The van der Waals surface area contributed by atoms with Crippen molar-refractivity contribution in [1.29, 1.82) is 5.26 Å². The van der Waals surface area contributed by atoms with Crippen molar-refractivity contribution in [1.82, 2.24) is 0 Å². The number of Topliss-reactive ketones (excluding diaryl/α,β-unsaturated/α-hetero) is 1. The van der Waals surface area contributed by atoms with Crippen LogP contribution >= 0.6 is 0 Å². The molecular weight excluding hydrogens is 534 g/mol. The summed E-state index contributed by atoms with van der Waals surface area (Å²) in [7, 11) is 1.59. The van der Waals surface area contributed by atoms with E-state index in [9.17, 15) is 10.1 Å². The fourth-order valence-electron chi connectivity index (χ4n) is 7.49. The van der Waals surface area contributed by atoms with Crippen LogP contribution in [-0.2, 0) is 16.8 Å². The van der Waals surface area contributed by atoms with Crippen molar-refractivity contribution < 1.29 is 14.3 Å². The molecule has 3 aromatic carbocycles. The van der Waals surface area contributed by atoms with Gasteiger partial charge in [0.2, 0.25) is 5.91 Å². The van der Waals surface area contributed by atoms with Gasteiger partial charge in [0.05, 0.1) is 25.1 Å². The molecule has 4 unspecified atom stereocenters. The minimum atomic E-state index is -1.52. The molecule has 0 saturated carbocycles. The number of benzene rings is 3. The van der Waals surface area contributed by atoms with E-state index in [0.29, 0.717) is 35.4 Å². The first-order chi connectivity index (χ1) is 20.6. The predicted molar refractivity (Wildman–Crippen MR) is 167 cm³/mol. The molecule has 1 amide bonds. The average molecular weight is 572 g/mol. The van der Waals surface area contributed by atoms with Crippen molar-refractivity contribution in [3.63, 3.8) is 0 Å². The molecule has 2 aliphatic carbocycles. The van der Waals surface area contributed by atoms with Gasteiger partial charge in [-0.25, -0.2) is 0 Å². The van der Waals surface area contributed by atoms with Crippen LogP contribution in [0.2, 0.25) is 0 Å². The van der Waals surface area contributed by atoms with Gasteiger partial charge in [-0.3, -0.25) is 9.59 Å². The molecule has 6 heteroatoms. The van der Waals surface area contributed by atoms with Crippen LogP contribution in [0.5, 0.6) is 5.75 Å². The summed E-state index contributed by atoms with van der Waals surface area (Å²) in [6.45, 7) is 6.96.